The van der Waals surface area contributed by atoms with Crippen molar-refractivity contribution in [2.45, 2.75) is 52.6 Å². The number of likely N-dealkylation sites (tertiary alicyclic amines) is 1. The summed E-state index contributed by atoms with van der Waals surface area (Å²) in [5, 5.41) is 13.4. The molecule has 6 heteroatoms. The molecule has 106 valence electrons. The normalized spacial score (nSPS) is 23.4. The second-order valence-electron chi connectivity index (χ2n) is 5.76. The first-order chi connectivity index (χ1) is 8.94. The number of carboxylic acids is 1. The lowest BCUT2D eigenvalue weighted by Gasteiger charge is -2.43. The predicted molar refractivity (Wildman–Crippen MR) is 68.5 cm³/mol. The molecule has 1 aromatic heterocycles. The van der Waals surface area contributed by atoms with Crippen LogP contribution >= 0.6 is 0 Å². The Bertz CT molecular complexity index is 456. The number of piperidine rings is 1. The van der Waals surface area contributed by atoms with E-state index in [4.69, 9.17) is 4.52 Å². The van der Waals surface area contributed by atoms with Crippen LogP contribution < -0.4 is 0 Å². The molecule has 0 aliphatic carbocycles. The number of hydrogen-bond acceptors (Lipinski definition) is 5. The minimum absolute atomic E-state index is 0.235. The van der Waals surface area contributed by atoms with Crippen molar-refractivity contribution < 1.29 is 14.4 Å². The minimum Gasteiger partial charge on any atom is -0.480 e. The zero-order chi connectivity index (χ0) is 14.0. The predicted octanol–water partition coefficient (Wildman–Crippen LogP) is 1.71. The van der Waals surface area contributed by atoms with Gasteiger partial charge in [-0.25, -0.2) is 0 Å². The van der Waals surface area contributed by atoms with Gasteiger partial charge in [0.05, 0.1) is 6.54 Å². The SMILES string of the molecule is CCc1nc(CN2CCCC(C)(C)C2C(=O)O)no1. The first kappa shape index (κ1) is 14.0. The topological polar surface area (TPSA) is 79.5 Å². The van der Waals surface area contributed by atoms with Gasteiger partial charge in [0.15, 0.2) is 5.82 Å². The summed E-state index contributed by atoms with van der Waals surface area (Å²) < 4.78 is 5.07. The van der Waals surface area contributed by atoms with Crippen molar-refractivity contribution in [1.82, 2.24) is 15.0 Å². The number of aryl methyl sites for hydroxylation is 1. The van der Waals surface area contributed by atoms with Crippen LogP contribution in [0.2, 0.25) is 0 Å². The van der Waals surface area contributed by atoms with Gasteiger partial charge in [0.25, 0.3) is 0 Å². The van der Waals surface area contributed by atoms with Gasteiger partial charge in [-0.05, 0) is 24.8 Å². The van der Waals surface area contributed by atoms with Crippen LogP contribution in [0.5, 0.6) is 0 Å². The van der Waals surface area contributed by atoms with E-state index in [0.29, 0.717) is 24.7 Å². The molecule has 1 aliphatic rings. The maximum atomic E-state index is 11.5. The van der Waals surface area contributed by atoms with Crippen LogP contribution in [0.25, 0.3) is 0 Å². The fraction of sp³-hybridized carbons (Fsp3) is 0.769. The van der Waals surface area contributed by atoms with Gasteiger partial charge in [-0.2, -0.15) is 4.98 Å². The molecule has 1 N–H and O–H groups in total. The lowest BCUT2D eigenvalue weighted by molar-refractivity contribution is -0.151. The molecule has 0 amide bonds. The van der Waals surface area contributed by atoms with Gasteiger partial charge in [-0.3, -0.25) is 9.69 Å². The Kier molecular flexibility index (Phi) is 3.89. The van der Waals surface area contributed by atoms with Crippen molar-refractivity contribution in [2.24, 2.45) is 5.41 Å². The van der Waals surface area contributed by atoms with E-state index in [1.807, 2.05) is 25.7 Å². The number of aliphatic carboxylic acids is 1. The lowest BCUT2D eigenvalue weighted by Crippen LogP contribution is -2.53. The molecular weight excluding hydrogens is 246 g/mol. The zero-order valence-corrected chi connectivity index (χ0v) is 11.7. The second-order valence-corrected chi connectivity index (χ2v) is 5.76. The minimum atomic E-state index is -0.774. The summed E-state index contributed by atoms with van der Waals surface area (Å²) in [7, 11) is 0. The summed E-state index contributed by atoms with van der Waals surface area (Å²) in [5.41, 5.74) is -0.235. The number of aromatic nitrogens is 2. The first-order valence-electron chi connectivity index (χ1n) is 6.72. The van der Waals surface area contributed by atoms with E-state index >= 15 is 0 Å². The smallest absolute Gasteiger partial charge is 0.321 e. The molecule has 6 nitrogen and oxygen atoms in total. The molecule has 1 aromatic rings. The van der Waals surface area contributed by atoms with Crippen molar-refractivity contribution in [3.63, 3.8) is 0 Å². The summed E-state index contributed by atoms with van der Waals surface area (Å²) in [6, 6.07) is -0.496. The van der Waals surface area contributed by atoms with E-state index in [1.165, 1.54) is 0 Å². The van der Waals surface area contributed by atoms with E-state index in [1.54, 1.807) is 0 Å². The highest BCUT2D eigenvalue weighted by molar-refractivity contribution is 5.74. The third-order valence-electron chi connectivity index (χ3n) is 3.76. The van der Waals surface area contributed by atoms with Crippen molar-refractivity contribution in [1.29, 1.82) is 0 Å². The van der Waals surface area contributed by atoms with Crippen LogP contribution in [0.1, 0.15) is 45.3 Å². The quantitative estimate of drug-likeness (QED) is 0.894. The van der Waals surface area contributed by atoms with Crippen LogP contribution in [0.4, 0.5) is 0 Å². The van der Waals surface area contributed by atoms with Crippen molar-refractivity contribution in [2.75, 3.05) is 6.54 Å². The summed E-state index contributed by atoms with van der Waals surface area (Å²) in [6.45, 7) is 7.15. The number of nitrogens with zero attached hydrogens (tertiary/aromatic N) is 3. The first-order valence-corrected chi connectivity index (χ1v) is 6.72. The Labute approximate surface area is 112 Å². The fourth-order valence-electron chi connectivity index (χ4n) is 2.84. The van der Waals surface area contributed by atoms with Gasteiger partial charge in [-0.1, -0.05) is 25.9 Å². The van der Waals surface area contributed by atoms with Gasteiger partial charge >= 0.3 is 5.97 Å². The fourth-order valence-corrected chi connectivity index (χ4v) is 2.84. The number of carboxylic acid groups (broad SMARTS) is 1. The molecule has 1 unspecified atom stereocenters. The third kappa shape index (κ3) is 2.94. The van der Waals surface area contributed by atoms with E-state index in [0.717, 1.165) is 19.4 Å². The molecular formula is C13H21N3O3. The molecule has 0 saturated carbocycles. The Morgan fingerprint density at radius 1 is 1.58 bits per heavy atom. The van der Waals surface area contributed by atoms with Gasteiger partial charge in [0, 0.05) is 6.42 Å². The Morgan fingerprint density at radius 2 is 2.32 bits per heavy atom. The van der Waals surface area contributed by atoms with Crippen LogP contribution in [0.3, 0.4) is 0 Å². The Balaban J connectivity index is 2.15. The van der Waals surface area contributed by atoms with Crippen LogP contribution in [-0.4, -0.2) is 38.7 Å². The van der Waals surface area contributed by atoms with Crippen LogP contribution in [0, 0.1) is 5.41 Å². The standard InChI is InChI=1S/C13H21N3O3/c1-4-10-14-9(15-19-10)8-16-7-5-6-13(2,3)11(16)12(17)18/h11H,4-8H2,1-3H3,(H,17,18). The van der Waals surface area contributed by atoms with E-state index in [-0.39, 0.29) is 5.41 Å². The lowest BCUT2D eigenvalue weighted by atomic mass is 9.76. The summed E-state index contributed by atoms with van der Waals surface area (Å²) in [6.07, 6.45) is 2.61. The Hall–Kier alpha value is -1.43. The van der Waals surface area contributed by atoms with Crippen molar-refractivity contribution >= 4 is 5.97 Å². The largest absolute Gasteiger partial charge is 0.480 e. The molecule has 0 spiro atoms. The molecule has 19 heavy (non-hydrogen) atoms. The molecule has 0 aromatic carbocycles. The highest BCUT2D eigenvalue weighted by atomic mass is 16.5. The molecule has 1 saturated heterocycles. The van der Waals surface area contributed by atoms with Crippen LogP contribution in [-0.2, 0) is 17.8 Å². The monoisotopic (exact) mass is 267 g/mol. The number of rotatable bonds is 4. The summed E-state index contributed by atoms with van der Waals surface area (Å²) in [5.74, 6) is 0.392. The van der Waals surface area contributed by atoms with Gasteiger partial charge in [0.1, 0.15) is 6.04 Å². The second kappa shape index (κ2) is 5.28. The van der Waals surface area contributed by atoms with Gasteiger partial charge < -0.3 is 9.63 Å². The number of carbonyl (C=O) groups is 1. The highest BCUT2D eigenvalue weighted by Gasteiger charge is 2.42. The Morgan fingerprint density at radius 3 is 2.89 bits per heavy atom. The van der Waals surface area contributed by atoms with Crippen molar-refractivity contribution in [3.05, 3.63) is 11.7 Å². The average Bonchev–Trinajstić information content (AvgIpc) is 2.75. The molecule has 1 fully saturated rings. The zero-order valence-electron chi connectivity index (χ0n) is 11.7. The number of hydrogen-bond donors (Lipinski definition) is 1. The van der Waals surface area contributed by atoms with Gasteiger partial charge in [0.2, 0.25) is 5.89 Å². The van der Waals surface area contributed by atoms with Gasteiger partial charge in [-0.15, -0.1) is 0 Å². The highest BCUT2D eigenvalue weighted by Crippen LogP contribution is 2.35. The third-order valence-corrected chi connectivity index (χ3v) is 3.76. The summed E-state index contributed by atoms with van der Waals surface area (Å²) in [4.78, 5) is 17.7. The molecule has 0 radical (unpaired) electrons. The van der Waals surface area contributed by atoms with Crippen molar-refractivity contribution in [3.8, 4) is 0 Å². The maximum Gasteiger partial charge on any atom is 0.321 e. The molecule has 1 aliphatic heterocycles. The molecule has 2 heterocycles. The molecule has 2 rings (SSSR count). The van der Waals surface area contributed by atoms with Crippen LogP contribution in [0.15, 0.2) is 4.52 Å². The maximum absolute atomic E-state index is 11.5. The van der Waals surface area contributed by atoms with E-state index in [9.17, 15) is 9.90 Å². The van der Waals surface area contributed by atoms with E-state index < -0.39 is 12.0 Å². The average molecular weight is 267 g/mol. The van der Waals surface area contributed by atoms with E-state index in [2.05, 4.69) is 10.1 Å². The summed E-state index contributed by atoms with van der Waals surface area (Å²) >= 11 is 0. The molecule has 0 bridgehead atoms. The molecule has 1 atom stereocenters.